The highest BCUT2D eigenvalue weighted by molar-refractivity contribution is 7.92. The number of hydrogen-bond acceptors (Lipinski definition) is 5. The van der Waals surface area contributed by atoms with E-state index >= 15 is 0 Å². The molecule has 1 aliphatic heterocycles. The Hall–Kier alpha value is -1.51. The zero-order chi connectivity index (χ0) is 20.0. The highest BCUT2D eigenvalue weighted by Gasteiger charge is 2.34. The van der Waals surface area contributed by atoms with Gasteiger partial charge in [0.2, 0.25) is 0 Å². The zero-order valence-corrected chi connectivity index (χ0v) is 18.7. The summed E-state index contributed by atoms with van der Waals surface area (Å²) in [4.78, 5) is 16.3. The lowest BCUT2D eigenvalue weighted by Crippen LogP contribution is -2.50. The van der Waals surface area contributed by atoms with Crippen LogP contribution < -0.4 is 10.1 Å². The van der Waals surface area contributed by atoms with Crippen LogP contribution in [0.5, 0.6) is 5.75 Å². The molecular formula is C19H32ClN3O4S. The van der Waals surface area contributed by atoms with Crippen molar-refractivity contribution in [2.75, 3.05) is 46.9 Å². The van der Waals surface area contributed by atoms with Crippen molar-refractivity contribution in [3.05, 3.63) is 23.8 Å². The second kappa shape index (κ2) is 10.9. The molecule has 1 heterocycles. The Balaban J connectivity index is 0.00000392. The summed E-state index contributed by atoms with van der Waals surface area (Å²) in [5.41, 5.74) is 0.675. The van der Waals surface area contributed by atoms with E-state index in [0.717, 1.165) is 6.54 Å². The maximum absolute atomic E-state index is 13.1. The topological polar surface area (TPSA) is 79.0 Å². The lowest BCUT2D eigenvalue weighted by Gasteiger charge is -2.33. The Morgan fingerprint density at radius 1 is 1.36 bits per heavy atom. The third-order valence-corrected chi connectivity index (χ3v) is 7.04. The number of carbonyl (C=O) groups excluding carboxylic acids is 1. The van der Waals surface area contributed by atoms with E-state index in [0.29, 0.717) is 48.7 Å². The van der Waals surface area contributed by atoms with Gasteiger partial charge in [-0.25, -0.2) is 13.2 Å². The Morgan fingerprint density at radius 2 is 2.07 bits per heavy atom. The monoisotopic (exact) mass is 433 g/mol. The van der Waals surface area contributed by atoms with Crippen molar-refractivity contribution < 1.29 is 17.9 Å². The summed E-state index contributed by atoms with van der Waals surface area (Å²) in [6.45, 7) is 6.30. The van der Waals surface area contributed by atoms with Crippen molar-refractivity contribution in [3.8, 4) is 5.75 Å². The maximum Gasteiger partial charge on any atom is 0.317 e. The molecule has 1 aromatic carbocycles. The van der Waals surface area contributed by atoms with Gasteiger partial charge in [0.05, 0.1) is 16.8 Å². The normalized spacial score (nSPS) is 17.2. The number of nitrogens with one attached hydrogen (secondary N) is 1. The number of sulfone groups is 1. The molecule has 1 fully saturated rings. The number of aryl methyl sites for hydroxylation is 1. The van der Waals surface area contributed by atoms with Crippen LogP contribution in [-0.4, -0.2) is 76.4 Å². The fourth-order valence-corrected chi connectivity index (χ4v) is 5.23. The summed E-state index contributed by atoms with van der Waals surface area (Å²) < 4.78 is 31.7. The van der Waals surface area contributed by atoms with E-state index < -0.39 is 15.1 Å². The average Bonchev–Trinajstić information content (AvgIpc) is 2.61. The van der Waals surface area contributed by atoms with Gasteiger partial charge in [0.1, 0.15) is 5.75 Å². The van der Waals surface area contributed by atoms with Crippen LogP contribution in [0.15, 0.2) is 23.1 Å². The molecule has 2 amide bonds. The number of carbonyl (C=O) groups is 1. The number of nitrogens with zero attached hydrogens (tertiary/aromatic N) is 2. The van der Waals surface area contributed by atoms with Crippen LogP contribution >= 0.6 is 12.4 Å². The van der Waals surface area contributed by atoms with E-state index in [1.54, 1.807) is 30.0 Å². The number of likely N-dealkylation sites (tertiary alicyclic amines) is 1. The van der Waals surface area contributed by atoms with Crippen molar-refractivity contribution in [1.29, 1.82) is 0 Å². The van der Waals surface area contributed by atoms with Crippen LogP contribution in [0.2, 0.25) is 0 Å². The number of hydrogen-bond donors (Lipinski definition) is 1. The van der Waals surface area contributed by atoms with Crippen LogP contribution in [0.1, 0.15) is 25.3 Å². The first-order valence-corrected chi connectivity index (χ1v) is 10.9. The molecule has 28 heavy (non-hydrogen) atoms. The fraction of sp³-hybridized carbons (Fsp3) is 0.632. The Kier molecular flexibility index (Phi) is 9.53. The van der Waals surface area contributed by atoms with Crippen molar-refractivity contribution in [1.82, 2.24) is 15.1 Å². The fourth-order valence-electron chi connectivity index (χ4n) is 3.25. The highest BCUT2D eigenvalue weighted by atomic mass is 35.5. The SMILES string of the molecule is CCOc1ccc(S(=O)(=O)C2CCCN(C(=O)NCCN(C)C)C2)c(C)c1.Cl. The lowest BCUT2D eigenvalue weighted by atomic mass is 10.1. The van der Waals surface area contributed by atoms with E-state index in [9.17, 15) is 13.2 Å². The molecule has 0 spiro atoms. The summed E-state index contributed by atoms with van der Waals surface area (Å²) in [5, 5.41) is 2.28. The molecule has 2 rings (SSSR count). The second-order valence-electron chi connectivity index (χ2n) is 7.15. The lowest BCUT2D eigenvalue weighted by molar-refractivity contribution is 0.186. The van der Waals surface area contributed by atoms with Gasteiger partial charge in [-0.15, -0.1) is 12.4 Å². The van der Waals surface area contributed by atoms with E-state index in [-0.39, 0.29) is 25.0 Å². The van der Waals surface area contributed by atoms with E-state index in [2.05, 4.69) is 5.32 Å². The minimum Gasteiger partial charge on any atom is -0.494 e. The Morgan fingerprint density at radius 3 is 2.68 bits per heavy atom. The average molecular weight is 434 g/mol. The molecule has 1 aromatic rings. The number of ether oxygens (including phenoxy) is 1. The third-order valence-electron chi connectivity index (χ3n) is 4.70. The van der Waals surface area contributed by atoms with E-state index in [4.69, 9.17) is 4.74 Å². The van der Waals surface area contributed by atoms with Crippen LogP contribution in [0.4, 0.5) is 4.79 Å². The first-order chi connectivity index (χ1) is 12.8. The molecule has 0 aliphatic carbocycles. The summed E-state index contributed by atoms with van der Waals surface area (Å²) in [6.07, 6.45) is 1.25. The van der Waals surface area contributed by atoms with Crippen molar-refractivity contribution in [2.45, 2.75) is 36.8 Å². The Labute approximate surface area is 174 Å². The highest BCUT2D eigenvalue weighted by Crippen LogP contribution is 2.28. The molecule has 1 N–H and O–H groups in total. The van der Waals surface area contributed by atoms with Crippen LogP contribution in [0, 0.1) is 6.92 Å². The molecule has 1 aliphatic rings. The largest absolute Gasteiger partial charge is 0.494 e. The van der Waals surface area contributed by atoms with Gasteiger partial charge < -0.3 is 19.9 Å². The number of likely N-dealkylation sites (N-methyl/N-ethyl adjacent to an activating group) is 1. The molecule has 9 heteroatoms. The summed E-state index contributed by atoms with van der Waals surface area (Å²) in [7, 11) is 0.368. The first-order valence-electron chi connectivity index (χ1n) is 9.40. The number of piperidine rings is 1. The summed E-state index contributed by atoms with van der Waals surface area (Å²) >= 11 is 0. The molecule has 160 valence electrons. The predicted octanol–water partition coefficient (Wildman–Crippen LogP) is 2.32. The number of amides is 2. The van der Waals surface area contributed by atoms with Gasteiger partial charge in [-0.1, -0.05) is 0 Å². The van der Waals surface area contributed by atoms with Gasteiger partial charge in [-0.05, 0) is 64.5 Å². The zero-order valence-electron chi connectivity index (χ0n) is 17.1. The molecule has 7 nitrogen and oxygen atoms in total. The van der Waals surface area contributed by atoms with Gasteiger partial charge in [-0.2, -0.15) is 0 Å². The van der Waals surface area contributed by atoms with Crippen LogP contribution in [0.3, 0.4) is 0 Å². The summed E-state index contributed by atoms with van der Waals surface area (Å²) in [6, 6.07) is 4.87. The standard InChI is InChI=1S/C19H31N3O4S.ClH/c1-5-26-16-8-9-18(15(2)13-16)27(24,25)17-7-6-11-22(14-17)19(23)20-10-12-21(3)4;/h8-9,13,17H,5-7,10-12,14H2,1-4H3,(H,20,23);1H. The number of urea groups is 1. The van der Waals surface area contributed by atoms with E-state index in [1.807, 2.05) is 25.9 Å². The molecular weight excluding hydrogens is 402 g/mol. The van der Waals surface area contributed by atoms with Crippen molar-refractivity contribution in [3.63, 3.8) is 0 Å². The van der Waals surface area contributed by atoms with Gasteiger partial charge in [-0.3, -0.25) is 0 Å². The molecule has 0 bridgehead atoms. The minimum atomic E-state index is -3.51. The Bertz CT molecular complexity index is 756. The predicted molar refractivity (Wildman–Crippen MR) is 113 cm³/mol. The summed E-state index contributed by atoms with van der Waals surface area (Å²) in [5.74, 6) is 0.666. The van der Waals surface area contributed by atoms with Crippen LogP contribution in [-0.2, 0) is 9.84 Å². The van der Waals surface area contributed by atoms with Crippen molar-refractivity contribution in [2.24, 2.45) is 0 Å². The van der Waals surface area contributed by atoms with Crippen LogP contribution in [0.25, 0.3) is 0 Å². The van der Waals surface area contributed by atoms with E-state index in [1.165, 1.54) is 0 Å². The molecule has 1 atom stereocenters. The van der Waals surface area contributed by atoms with Gasteiger partial charge in [0.15, 0.2) is 9.84 Å². The van der Waals surface area contributed by atoms with Gasteiger partial charge >= 0.3 is 6.03 Å². The minimum absolute atomic E-state index is 0. The maximum atomic E-state index is 13.1. The molecule has 0 aromatic heterocycles. The van der Waals surface area contributed by atoms with Gasteiger partial charge in [0, 0.05) is 26.2 Å². The number of halogens is 1. The molecule has 1 unspecified atom stereocenters. The van der Waals surface area contributed by atoms with Gasteiger partial charge in [0.25, 0.3) is 0 Å². The quantitative estimate of drug-likeness (QED) is 0.713. The number of benzene rings is 1. The molecule has 1 saturated heterocycles. The third kappa shape index (κ3) is 6.25. The number of rotatable bonds is 7. The van der Waals surface area contributed by atoms with Crippen molar-refractivity contribution >= 4 is 28.3 Å². The first kappa shape index (κ1) is 24.5. The smallest absolute Gasteiger partial charge is 0.317 e. The molecule has 0 saturated carbocycles. The molecule has 0 radical (unpaired) electrons. The second-order valence-corrected chi connectivity index (χ2v) is 9.35.